The Labute approximate surface area is 102 Å². The number of rotatable bonds is 5. The van der Waals surface area contributed by atoms with Crippen molar-refractivity contribution in [2.75, 3.05) is 13.1 Å². The standard InChI is InChI=1S/C6H8O7.C3H6N2/c7-3(8)1-6(13,5(11)12)2-4(9)10;1-2-5-3-4-1/h13H,1-2H2,(H,7,8)(H,9,10)(H,11,12);3H,1-2H2,(H,4,5). The Hall–Kier alpha value is -2.16. The predicted molar refractivity (Wildman–Crippen MR) is 58.5 cm³/mol. The Kier molecular flexibility index (Phi) is 6.35. The number of aliphatic imine (C=N–C) groups is 1. The molecule has 0 amide bonds. The Morgan fingerprint density at radius 3 is 1.83 bits per heavy atom. The van der Waals surface area contributed by atoms with Crippen molar-refractivity contribution in [1.82, 2.24) is 5.32 Å². The second-order valence-corrected chi connectivity index (χ2v) is 3.47. The summed E-state index contributed by atoms with van der Waals surface area (Å²) < 4.78 is 0. The monoisotopic (exact) mass is 262 g/mol. The number of hydrogen-bond acceptors (Lipinski definition) is 6. The highest BCUT2D eigenvalue weighted by Crippen LogP contribution is 2.15. The Bertz CT molecular complexity index is 331. The number of carboxylic acid groups (broad SMARTS) is 3. The number of carbonyl (C=O) groups is 3. The summed E-state index contributed by atoms with van der Waals surface area (Å²) in [6.45, 7) is 1.99. The molecule has 0 aromatic heterocycles. The Balaban J connectivity index is 0.000000473. The fourth-order valence-electron chi connectivity index (χ4n) is 1.04. The van der Waals surface area contributed by atoms with Gasteiger partial charge < -0.3 is 25.7 Å². The van der Waals surface area contributed by atoms with Crippen LogP contribution in [0.25, 0.3) is 0 Å². The summed E-state index contributed by atoms with van der Waals surface area (Å²) >= 11 is 0. The SMILES string of the molecule is C1=NCCN1.O=C(O)CC(O)(CC(=O)O)C(=O)O. The summed E-state index contributed by atoms with van der Waals surface area (Å²) in [6, 6.07) is 0. The molecule has 1 aliphatic heterocycles. The zero-order valence-electron chi connectivity index (χ0n) is 9.37. The number of aliphatic carboxylic acids is 3. The predicted octanol–water partition coefficient (Wildman–Crippen LogP) is -1.63. The molecule has 0 bridgehead atoms. The number of carboxylic acids is 3. The molecule has 0 aliphatic carbocycles. The van der Waals surface area contributed by atoms with Gasteiger partial charge in [-0.15, -0.1) is 0 Å². The average Bonchev–Trinajstić information content (AvgIpc) is 2.71. The first-order chi connectivity index (χ1) is 8.28. The minimum absolute atomic E-state index is 0.958. The third-order valence-electron chi connectivity index (χ3n) is 1.85. The van der Waals surface area contributed by atoms with Crippen molar-refractivity contribution in [2.24, 2.45) is 4.99 Å². The molecule has 1 heterocycles. The molecular formula is C9H14N2O7. The quantitative estimate of drug-likeness (QED) is 0.395. The molecule has 1 rings (SSSR count). The average molecular weight is 262 g/mol. The van der Waals surface area contributed by atoms with E-state index < -0.39 is 36.4 Å². The first-order valence-corrected chi connectivity index (χ1v) is 4.89. The van der Waals surface area contributed by atoms with Crippen LogP contribution in [0, 0.1) is 0 Å². The van der Waals surface area contributed by atoms with Crippen molar-refractivity contribution in [3.63, 3.8) is 0 Å². The van der Waals surface area contributed by atoms with Gasteiger partial charge in [0.15, 0.2) is 5.60 Å². The van der Waals surface area contributed by atoms with Gasteiger partial charge in [0.1, 0.15) is 0 Å². The summed E-state index contributed by atoms with van der Waals surface area (Å²) in [5.41, 5.74) is -2.74. The lowest BCUT2D eigenvalue weighted by atomic mass is 9.96. The van der Waals surface area contributed by atoms with E-state index in [1.807, 2.05) is 0 Å². The highest BCUT2D eigenvalue weighted by atomic mass is 16.4. The smallest absolute Gasteiger partial charge is 0.336 e. The van der Waals surface area contributed by atoms with Crippen LogP contribution in [0.3, 0.4) is 0 Å². The second-order valence-electron chi connectivity index (χ2n) is 3.47. The molecular weight excluding hydrogens is 248 g/mol. The Morgan fingerprint density at radius 2 is 1.67 bits per heavy atom. The summed E-state index contributed by atoms with van der Waals surface area (Å²) in [5.74, 6) is -5.02. The lowest BCUT2D eigenvalue weighted by Gasteiger charge is -2.18. The van der Waals surface area contributed by atoms with Crippen molar-refractivity contribution < 1.29 is 34.8 Å². The van der Waals surface area contributed by atoms with E-state index in [2.05, 4.69) is 10.3 Å². The molecule has 0 unspecified atom stereocenters. The van der Waals surface area contributed by atoms with E-state index >= 15 is 0 Å². The van der Waals surface area contributed by atoms with Crippen LogP contribution in [0.1, 0.15) is 12.8 Å². The van der Waals surface area contributed by atoms with Crippen molar-refractivity contribution in [3.05, 3.63) is 0 Å². The van der Waals surface area contributed by atoms with Gasteiger partial charge in [0.2, 0.25) is 0 Å². The zero-order chi connectivity index (χ0) is 14.2. The lowest BCUT2D eigenvalue weighted by molar-refractivity contribution is -0.170. The Morgan fingerprint density at radius 1 is 1.17 bits per heavy atom. The highest BCUT2D eigenvalue weighted by molar-refractivity contribution is 5.88. The number of aliphatic hydroxyl groups is 1. The van der Waals surface area contributed by atoms with Crippen LogP contribution in [0.4, 0.5) is 0 Å². The molecule has 0 saturated heterocycles. The van der Waals surface area contributed by atoms with Crippen LogP contribution in [0.2, 0.25) is 0 Å². The van der Waals surface area contributed by atoms with Gasteiger partial charge >= 0.3 is 17.9 Å². The molecule has 102 valence electrons. The van der Waals surface area contributed by atoms with Crippen molar-refractivity contribution in [3.8, 4) is 0 Å². The maximum atomic E-state index is 10.3. The van der Waals surface area contributed by atoms with E-state index in [1.54, 1.807) is 6.34 Å². The number of nitrogens with zero attached hydrogens (tertiary/aromatic N) is 1. The molecule has 0 aromatic rings. The van der Waals surface area contributed by atoms with Crippen molar-refractivity contribution >= 4 is 24.2 Å². The van der Waals surface area contributed by atoms with Gasteiger partial charge in [0, 0.05) is 6.54 Å². The van der Waals surface area contributed by atoms with Gasteiger partial charge in [-0.25, -0.2) is 4.79 Å². The van der Waals surface area contributed by atoms with Gasteiger partial charge in [-0.3, -0.25) is 14.6 Å². The molecule has 18 heavy (non-hydrogen) atoms. The summed E-state index contributed by atoms with van der Waals surface area (Å²) in [7, 11) is 0. The van der Waals surface area contributed by atoms with Gasteiger partial charge in [-0.2, -0.15) is 0 Å². The van der Waals surface area contributed by atoms with Crippen LogP contribution < -0.4 is 5.32 Å². The van der Waals surface area contributed by atoms with E-state index in [-0.39, 0.29) is 0 Å². The molecule has 0 spiro atoms. The van der Waals surface area contributed by atoms with Crippen LogP contribution in [-0.4, -0.2) is 63.4 Å². The highest BCUT2D eigenvalue weighted by Gasteiger charge is 2.40. The minimum atomic E-state index is -2.74. The molecule has 0 radical (unpaired) electrons. The van der Waals surface area contributed by atoms with Gasteiger partial charge in [0.05, 0.1) is 25.7 Å². The molecule has 0 atom stereocenters. The molecule has 9 nitrogen and oxygen atoms in total. The number of nitrogens with one attached hydrogen (secondary N) is 1. The van der Waals surface area contributed by atoms with E-state index in [0.717, 1.165) is 13.1 Å². The first kappa shape index (κ1) is 15.8. The lowest BCUT2D eigenvalue weighted by Crippen LogP contribution is -2.42. The van der Waals surface area contributed by atoms with Crippen LogP contribution in [-0.2, 0) is 14.4 Å². The second kappa shape index (κ2) is 7.22. The van der Waals surface area contributed by atoms with Gasteiger partial charge in [-0.1, -0.05) is 0 Å². The number of hydrogen-bond donors (Lipinski definition) is 5. The molecule has 1 aliphatic rings. The minimum Gasteiger partial charge on any atom is -0.481 e. The zero-order valence-corrected chi connectivity index (χ0v) is 9.37. The maximum Gasteiger partial charge on any atom is 0.336 e. The molecule has 0 fully saturated rings. The maximum absolute atomic E-state index is 10.3. The summed E-state index contributed by atoms with van der Waals surface area (Å²) in [5, 5.41) is 36.7. The largest absolute Gasteiger partial charge is 0.481 e. The van der Waals surface area contributed by atoms with Gasteiger partial charge in [0.25, 0.3) is 0 Å². The molecule has 9 heteroatoms. The molecule has 0 aromatic carbocycles. The topological polar surface area (TPSA) is 157 Å². The normalized spacial score (nSPS) is 13.2. The van der Waals surface area contributed by atoms with E-state index in [4.69, 9.17) is 20.4 Å². The van der Waals surface area contributed by atoms with Crippen LogP contribution >= 0.6 is 0 Å². The van der Waals surface area contributed by atoms with E-state index in [1.165, 1.54) is 0 Å². The molecule has 5 N–H and O–H groups in total. The van der Waals surface area contributed by atoms with E-state index in [0.29, 0.717) is 0 Å². The summed E-state index contributed by atoms with van der Waals surface area (Å²) in [4.78, 5) is 34.3. The first-order valence-electron chi connectivity index (χ1n) is 4.89. The fourth-order valence-corrected chi connectivity index (χ4v) is 1.04. The van der Waals surface area contributed by atoms with Crippen molar-refractivity contribution in [2.45, 2.75) is 18.4 Å². The fraction of sp³-hybridized carbons (Fsp3) is 0.556. The summed E-state index contributed by atoms with van der Waals surface area (Å²) in [6.07, 6.45) is -0.552. The third-order valence-corrected chi connectivity index (χ3v) is 1.85. The van der Waals surface area contributed by atoms with E-state index in [9.17, 15) is 14.4 Å². The van der Waals surface area contributed by atoms with Crippen LogP contribution in [0.15, 0.2) is 4.99 Å². The van der Waals surface area contributed by atoms with Gasteiger partial charge in [-0.05, 0) is 0 Å². The third kappa shape index (κ3) is 6.43. The van der Waals surface area contributed by atoms with Crippen molar-refractivity contribution in [1.29, 1.82) is 0 Å². The van der Waals surface area contributed by atoms with Crippen LogP contribution in [0.5, 0.6) is 0 Å². The molecule has 0 saturated carbocycles.